The Morgan fingerprint density at radius 3 is 3.11 bits per heavy atom. The molecule has 2 rings (SSSR count). The average molecular weight is 264 g/mol. The van der Waals surface area contributed by atoms with Gasteiger partial charge in [-0.3, -0.25) is 14.4 Å². The fourth-order valence-corrected chi connectivity index (χ4v) is 2.59. The van der Waals surface area contributed by atoms with E-state index in [2.05, 4.69) is 22.2 Å². The van der Waals surface area contributed by atoms with E-state index in [1.165, 1.54) is 12.8 Å². The molecule has 19 heavy (non-hydrogen) atoms. The molecule has 2 heterocycles. The van der Waals surface area contributed by atoms with Gasteiger partial charge in [-0.1, -0.05) is 6.92 Å². The fraction of sp³-hybridized carbons (Fsp3) is 0.714. The van der Waals surface area contributed by atoms with Crippen molar-refractivity contribution in [3.05, 3.63) is 18.0 Å². The lowest BCUT2D eigenvalue weighted by Gasteiger charge is -2.30. The molecule has 1 aliphatic rings. The van der Waals surface area contributed by atoms with Gasteiger partial charge in [0.2, 0.25) is 5.91 Å². The van der Waals surface area contributed by atoms with Gasteiger partial charge in [0.15, 0.2) is 0 Å². The Hall–Kier alpha value is -1.36. The van der Waals surface area contributed by atoms with Gasteiger partial charge in [-0.25, -0.2) is 0 Å². The first-order chi connectivity index (χ1) is 9.13. The second-order valence-electron chi connectivity index (χ2n) is 5.55. The summed E-state index contributed by atoms with van der Waals surface area (Å²) in [6, 6.07) is 1.97. The topological polar surface area (TPSA) is 50.2 Å². The van der Waals surface area contributed by atoms with E-state index in [-0.39, 0.29) is 5.91 Å². The standard InChI is InChI=1S/C14H24N4O/c1-12-4-3-7-17(10-12)11-14(19)15-6-9-18-8-5-13(2)16-18/h5,8,12H,3-4,6-7,9-11H2,1-2H3,(H,15,19)/t12-/m0/s1. The molecule has 1 atom stereocenters. The summed E-state index contributed by atoms with van der Waals surface area (Å²) < 4.78 is 1.86. The van der Waals surface area contributed by atoms with E-state index >= 15 is 0 Å². The number of rotatable bonds is 5. The number of nitrogens with zero attached hydrogens (tertiary/aromatic N) is 3. The van der Waals surface area contributed by atoms with E-state index in [4.69, 9.17) is 0 Å². The third-order valence-corrected chi connectivity index (χ3v) is 3.55. The van der Waals surface area contributed by atoms with Crippen LogP contribution in [0.3, 0.4) is 0 Å². The third-order valence-electron chi connectivity index (χ3n) is 3.55. The van der Waals surface area contributed by atoms with Crippen molar-refractivity contribution in [3.63, 3.8) is 0 Å². The molecular formula is C14H24N4O. The highest BCUT2D eigenvalue weighted by Crippen LogP contribution is 2.14. The summed E-state index contributed by atoms with van der Waals surface area (Å²) in [6.07, 6.45) is 4.44. The van der Waals surface area contributed by atoms with Gasteiger partial charge in [0, 0.05) is 19.3 Å². The number of likely N-dealkylation sites (tertiary alicyclic amines) is 1. The van der Waals surface area contributed by atoms with Crippen molar-refractivity contribution in [3.8, 4) is 0 Å². The Morgan fingerprint density at radius 1 is 1.58 bits per heavy atom. The molecule has 0 aliphatic carbocycles. The summed E-state index contributed by atoms with van der Waals surface area (Å²) in [5.41, 5.74) is 1.01. The van der Waals surface area contributed by atoms with Gasteiger partial charge >= 0.3 is 0 Å². The van der Waals surface area contributed by atoms with Crippen LogP contribution in [0.5, 0.6) is 0 Å². The predicted molar refractivity (Wildman–Crippen MR) is 74.8 cm³/mol. The molecule has 5 nitrogen and oxygen atoms in total. The lowest BCUT2D eigenvalue weighted by molar-refractivity contribution is -0.122. The number of amides is 1. The SMILES string of the molecule is Cc1ccn(CCNC(=O)CN2CCC[C@H](C)C2)n1. The van der Waals surface area contributed by atoms with Gasteiger partial charge in [-0.05, 0) is 38.3 Å². The van der Waals surface area contributed by atoms with Crippen LogP contribution in [0.4, 0.5) is 0 Å². The lowest BCUT2D eigenvalue weighted by atomic mass is 10.0. The molecule has 5 heteroatoms. The van der Waals surface area contributed by atoms with Crippen LogP contribution in [0.2, 0.25) is 0 Å². The van der Waals surface area contributed by atoms with Crippen molar-refractivity contribution < 1.29 is 4.79 Å². The van der Waals surface area contributed by atoms with E-state index in [9.17, 15) is 4.79 Å². The van der Waals surface area contributed by atoms with Crippen LogP contribution in [-0.4, -0.2) is 46.8 Å². The van der Waals surface area contributed by atoms with E-state index in [0.29, 0.717) is 19.0 Å². The van der Waals surface area contributed by atoms with E-state index < -0.39 is 0 Å². The number of hydrogen-bond donors (Lipinski definition) is 1. The van der Waals surface area contributed by atoms with Crippen molar-refractivity contribution in [1.29, 1.82) is 0 Å². The van der Waals surface area contributed by atoms with Crippen LogP contribution in [0, 0.1) is 12.8 Å². The molecule has 1 amide bonds. The zero-order valence-corrected chi connectivity index (χ0v) is 11.9. The maximum atomic E-state index is 11.8. The first kappa shape index (κ1) is 14.1. The maximum absolute atomic E-state index is 11.8. The molecule has 1 fully saturated rings. The Kier molecular flexibility index (Phi) is 4.96. The smallest absolute Gasteiger partial charge is 0.234 e. The number of aryl methyl sites for hydroxylation is 1. The molecule has 1 aliphatic heterocycles. The molecule has 1 saturated heterocycles. The van der Waals surface area contributed by atoms with Gasteiger partial charge in [0.05, 0.1) is 18.8 Å². The molecule has 0 spiro atoms. The van der Waals surface area contributed by atoms with Crippen molar-refractivity contribution >= 4 is 5.91 Å². The van der Waals surface area contributed by atoms with Gasteiger partial charge < -0.3 is 5.32 Å². The summed E-state index contributed by atoms with van der Waals surface area (Å²) >= 11 is 0. The highest BCUT2D eigenvalue weighted by molar-refractivity contribution is 5.77. The van der Waals surface area contributed by atoms with Gasteiger partial charge in [0.25, 0.3) is 0 Å². The van der Waals surface area contributed by atoms with Gasteiger partial charge in [0.1, 0.15) is 0 Å². The average Bonchev–Trinajstić information content (AvgIpc) is 2.75. The molecule has 0 saturated carbocycles. The normalized spacial score (nSPS) is 20.4. The molecule has 0 radical (unpaired) electrons. The second kappa shape index (κ2) is 6.70. The molecule has 0 aromatic carbocycles. The fourth-order valence-electron chi connectivity index (χ4n) is 2.59. The highest BCUT2D eigenvalue weighted by Gasteiger charge is 2.18. The van der Waals surface area contributed by atoms with Crippen LogP contribution >= 0.6 is 0 Å². The molecule has 106 valence electrons. The summed E-state index contributed by atoms with van der Waals surface area (Å²) in [6.45, 7) is 8.22. The summed E-state index contributed by atoms with van der Waals surface area (Å²) in [7, 11) is 0. The van der Waals surface area contributed by atoms with Crippen molar-refractivity contribution in [2.45, 2.75) is 33.2 Å². The summed E-state index contributed by atoms with van der Waals surface area (Å²) in [4.78, 5) is 14.1. The van der Waals surface area contributed by atoms with Crippen LogP contribution in [0.25, 0.3) is 0 Å². The van der Waals surface area contributed by atoms with Crippen LogP contribution < -0.4 is 5.32 Å². The van der Waals surface area contributed by atoms with Crippen LogP contribution in [0.15, 0.2) is 12.3 Å². The first-order valence-electron chi connectivity index (χ1n) is 7.12. The zero-order valence-electron chi connectivity index (χ0n) is 11.9. The quantitative estimate of drug-likeness (QED) is 0.864. The Bertz CT molecular complexity index is 415. The van der Waals surface area contributed by atoms with E-state index in [1.54, 1.807) is 0 Å². The molecule has 1 aromatic heterocycles. The molecule has 0 unspecified atom stereocenters. The zero-order chi connectivity index (χ0) is 13.7. The highest BCUT2D eigenvalue weighted by atomic mass is 16.2. The minimum Gasteiger partial charge on any atom is -0.353 e. The maximum Gasteiger partial charge on any atom is 0.234 e. The first-order valence-corrected chi connectivity index (χ1v) is 7.12. The number of carbonyl (C=O) groups excluding carboxylic acids is 1. The number of nitrogens with one attached hydrogen (secondary N) is 1. The Balaban J connectivity index is 1.64. The minimum absolute atomic E-state index is 0.123. The summed E-state index contributed by atoms with van der Waals surface area (Å²) in [5, 5.41) is 7.25. The second-order valence-corrected chi connectivity index (χ2v) is 5.55. The number of aromatic nitrogens is 2. The monoisotopic (exact) mass is 264 g/mol. The van der Waals surface area contributed by atoms with Crippen molar-refractivity contribution in [2.24, 2.45) is 5.92 Å². The predicted octanol–water partition coefficient (Wildman–Crippen LogP) is 1.04. The molecule has 1 N–H and O–H groups in total. The largest absolute Gasteiger partial charge is 0.353 e. The summed E-state index contributed by atoms with van der Waals surface area (Å²) in [5.74, 6) is 0.839. The number of hydrogen-bond acceptors (Lipinski definition) is 3. The van der Waals surface area contributed by atoms with Crippen LogP contribution in [-0.2, 0) is 11.3 Å². The van der Waals surface area contributed by atoms with E-state index in [0.717, 1.165) is 25.3 Å². The Labute approximate surface area is 115 Å². The molecule has 0 bridgehead atoms. The molecular weight excluding hydrogens is 240 g/mol. The molecule has 1 aromatic rings. The van der Waals surface area contributed by atoms with Gasteiger partial charge in [-0.15, -0.1) is 0 Å². The minimum atomic E-state index is 0.123. The number of carbonyl (C=O) groups is 1. The lowest BCUT2D eigenvalue weighted by Crippen LogP contribution is -2.42. The Morgan fingerprint density at radius 2 is 2.42 bits per heavy atom. The van der Waals surface area contributed by atoms with Crippen LogP contribution in [0.1, 0.15) is 25.5 Å². The number of piperidine rings is 1. The third kappa shape index (κ3) is 4.67. The van der Waals surface area contributed by atoms with Crippen molar-refractivity contribution in [1.82, 2.24) is 20.0 Å². The van der Waals surface area contributed by atoms with E-state index in [1.807, 2.05) is 23.9 Å². The van der Waals surface area contributed by atoms with Crippen molar-refractivity contribution in [2.75, 3.05) is 26.2 Å². The van der Waals surface area contributed by atoms with Gasteiger partial charge in [-0.2, -0.15) is 5.10 Å².